The Labute approximate surface area is 178 Å². The van der Waals surface area contributed by atoms with Gasteiger partial charge in [-0.2, -0.15) is 0 Å². The number of anilines is 1. The van der Waals surface area contributed by atoms with E-state index in [4.69, 9.17) is 11.6 Å². The van der Waals surface area contributed by atoms with Crippen LogP contribution in [-0.2, 0) is 27.7 Å². The van der Waals surface area contributed by atoms with Crippen molar-refractivity contribution in [2.24, 2.45) is 0 Å². The van der Waals surface area contributed by atoms with E-state index < -0.39 is 10.0 Å². The van der Waals surface area contributed by atoms with E-state index in [1.165, 1.54) is 21.9 Å². The number of halogens is 1. The highest BCUT2D eigenvalue weighted by molar-refractivity contribution is 7.92. The summed E-state index contributed by atoms with van der Waals surface area (Å²) in [5.41, 5.74) is 4.45. The second-order valence-corrected chi connectivity index (χ2v) is 9.93. The standard InChI is InChI=1S/C22H27ClN2O3S/c1-16(18-9-8-17-5-3-6-19(17)15-18)24-22(26)7-4-14-25(29(2,27)28)21-12-10-20(23)11-13-21/h8-13,15-16H,3-7,14H2,1-2H3,(H,24,26)/t16-/m1/s1. The van der Waals surface area contributed by atoms with Gasteiger partial charge in [-0.3, -0.25) is 9.10 Å². The van der Waals surface area contributed by atoms with Crippen LogP contribution in [0.25, 0.3) is 0 Å². The number of nitrogens with zero attached hydrogens (tertiary/aromatic N) is 1. The molecule has 0 heterocycles. The van der Waals surface area contributed by atoms with E-state index in [-0.39, 0.29) is 24.9 Å². The van der Waals surface area contributed by atoms with Gasteiger partial charge >= 0.3 is 0 Å². The molecule has 1 atom stereocenters. The van der Waals surface area contributed by atoms with Gasteiger partial charge < -0.3 is 5.32 Å². The summed E-state index contributed by atoms with van der Waals surface area (Å²) >= 11 is 5.89. The molecule has 1 N–H and O–H groups in total. The minimum absolute atomic E-state index is 0.0734. The Kier molecular flexibility index (Phi) is 6.85. The fraction of sp³-hybridized carbons (Fsp3) is 0.409. The summed E-state index contributed by atoms with van der Waals surface area (Å²) in [6, 6.07) is 13.0. The Morgan fingerprint density at radius 3 is 2.52 bits per heavy atom. The summed E-state index contributed by atoms with van der Waals surface area (Å²) in [6.45, 7) is 2.21. The number of amides is 1. The van der Waals surface area contributed by atoms with E-state index in [9.17, 15) is 13.2 Å². The third-order valence-corrected chi connectivity index (χ3v) is 6.73. The molecule has 0 fully saturated rings. The normalized spacial score (nSPS) is 14.3. The number of hydrogen-bond acceptors (Lipinski definition) is 3. The summed E-state index contributed by atoms with van der Waals surface area (Å²) < 4.78 is 25.6. The average Bonchev–Trinajstić information content (AvgIpc) is 3.13. The van der Waals surface area contributed by atoms with E-state index in [1.807, 2.05) is 6.92 Å². The molecule has 0 aromatic heterocycles. The Morgan fingerprint density at radius 2 is 1.83 bits per heavy atom. The van der Waals surface area contributed by atoms with Crippen LogP contribution in [0.5, 0.6) is 0 Å². The molecule has 1 amide bonds. The van der Waals surface area contributed by atoms with E-state index in [1.54, 1.807) is 24.3 Å². The fourth-order valence-corrected chi connectivity index (χ4v) is 4.83. The highest BCUT2D eigenvalue weighted by atomic mass is 35.5. The lowest BCUT2D eigenvalue weighted by atomic mass is 10.0. The lowest BCUT2D eigenvalue weighted by Gasteiger charge is -2.22. The van der Waals surface area contributed by atoms with Gasteiger partial charge in [0, 0.05) is 18.0 Å². The minimum atomic E-state index is -3.44. The number of carbonyl (C=O) groups excluding carboxylic acids is 1. The quantitative estimate of drug-likeness (QED) is 0.675. The van der Waals surface area contributed by atoms with Gasteiger partial charge in [0.05, 0.1) is 18.0 Å². The summed E-state index contributed by atoms with van der Waals surface area (Å²) in [5, 5.41) is 3.57. The topological polar surface area (TPSA) is 66.5 Å². The van der Waals surface area contributed by atoms with Crippen molar-refractivity contribution in [3.8, 4) is 0 Å². The summed E-state index contributed by atoms with van der Waals surface area (Å²) in [5.74, 6) is -0.0810. The molecular weight excluding hydrogens is 408 g/mol. The molecule has 0 saturated carbocycles. The molecule has 156 valence electrons. The molecule has 0 bridgehead atoms. The molecule has 5 nitrogen and oxygen atoms in total. The Morgan fingerprint density at radius 1 is 1.14 bits per heavy atom. The molecule has 0 radical (unpaired) electrons. The third-order valence-electron chi connectivity index (χ3n) is 5.28. The first kappa shape index (κ1) is 21.7. The molecule has 0 spiro atoms. The van der Waals surface area contributed by atoms with E-state index >= 15 is 0 Å². The highest BCUT2D eigenvalue weighted by Gasteiger charge is 2.18. The van der Waals surface area contributed by atoms with Crippen LogP contribution in [0, 0.1) is 0 Å². The second kappa shape index (κ2) is 9.18. The van der Waals surface area contributed by atoms with E-state index in [2.05, 4.69) is 23.5 Å². The number of hydrogen-bond donors (Lipinski definition) is 1. The first-order valence-electron chi connectivity index (χ1n) is 9.88. The largest absolute Gasteiger partial charge is 0.350 e. The Hall–Kier alpha value is -2.05. The van der Waals surface area contributed by atoms with Crippen molar-refractivity contribution in [1.29, 1.82) is 0 Å². The highest BCUT2D eigenvalue weighted by Crippen LogP contribution is 2.25. The maximum absolute atomic E-state index is 12.4. The van der Waals surface area contributed by atoms with Crippen LogP contribution >= 0.6 is 11.6 Å². The van der Waals surface area contributed by atoms with Crippen molar-refractivity contribution in [3.05, 3.63) is 64.2 Å². The van der Waals surface area contributed by atoms with Gasteiger partial charge in [-0.25, -0.2) is 8.42 Å². The van der Waals surface area contributed by atoms with E-state index in [0.29, 0.717) is 17.1 Å². The van der Waals surface area contributed by atoms with Crippen LogP contribution in [0.3, 0.4) is 0 Å². The Balaban J connectivity index is 1.54. The van der Waals surface area contributed by atoms with Crippen molar-refractivity contribution >= 4 is 33.2 Å². The zero-order valence-electron chi connectivity index (χ0n) is 16.8. The third kappa shape index (κ3) is 5.73. The number of sulfonamides is 1. The van der Waals surface area contributed by atoms with Crippen molar-refractivity contribution in [1.82, 2.24) is 5.32 Å². The van der Waals surface area contributed by atoms with Gasteiger partial charge in [0.1, 0.15) is 0 Å². The molecule has 2 aromatic carbocycles. The number of rotatable bonds is 8. The van der Waals surface area contributed by atoms with Crippen LogP contribution in [0.1, 0.15) is 48.9 Å². The molecule has 1 aliphatic carbocycles. The number of nitrogens with one attached hydrogen (secondary N) is 1. The molecule has 0 aliphatic heterocycles. The first-order chi connectivity index (χ1) is 13.7. The second-order valence-electron chi connectivity index (χ2n) is 7.59. The van der Waals surface area contributed by atoms with Crippen LogP contribution in [0.2, 0.25) is 5.02 Å². The first-order valence-corrected chi connectivity index (χ1v) is 12.1. The lowest BCUT2D eigenvalue weighted by molar-refractivity contribution is -0.121. The van der Waals surface area contributed by atoms with Gasteiger partial charge in [-0.05, 0) is 73.6 Å². The predicted molar refractivity (Wildman–Crippen MR) is 118 cm³/mol. The zero-order chi connectivity index (χ0) is 21.0. The fourth-order valence-electron chi connectivity index (χ4n) is 3.74. The number of benzene rings is 2. The molecule has 0 saturated heterocycles. The minimum Gasteiger partial charge on any atom is -0.350 e. The molecule has 29 heavy (non-hydrogen) atoms. The number of fused-ring (bicyclic) bond motifs is 1. The van der Waals surface area contributed by atoms with Gasteiger partial charge in [-0.15, -0.1) is 0 Å². The maximum atomic E-state index is 12.4. The molecule has 0 unspecified atom stereocenters. The van der Waals surface area contributed by atoms with Crippen molar-refractivity contribution in [3.63, 3.8) is 0 Å². The van der Waals surface area contributed by atoms with Gasteiger partial charge in [0.2, 0.25) is 15.9 Å². The maximum Gasteiger partial charge on any atom is 0.232 e. The molecule has 7 heteroatoms. The Bertz CT molecular complexity index is 974. The summed E-state index contributed by atoms with van der Waals surface area (Å²) in [4.78, 5) is 12.4. The lowest BCUT2D eigenvalue weighted by Crippen LogP contribution is -2.32. The van der Waals surface area contributed by atoms with Crippen LogP contribution in [-0.4, -0.2) is 27.1 Å². The number of aryl methyl sites for hydroxylation is 2. The van der Waals surface area contributed by atoms with Crippen molar-refractivity contribution in [2.75, 3.05) is 17.1 Å². The smallest absolute Gasteiger partial charge is 0.232 e. The van der Waals surface area contributed by atoms with Gasteiger partial charge in [-0.1, -0.05) is 29.8 Å². The van der Waals surface area contributed by atoms with Crippen molar-refractivity contribution in [2.45, 2.75) is 45.1 Å². The van der Waals surface area contributed by atoms with Gasteiger partial charge in [0.25, 0.3) is 0 Å². The van der Waals surface area contributed by atoms with Crippen LogP contribution in [0.4, 0.5) is 5.69 Å². The monoisotopic (exact) mass is 434 g/mol. The predicted octanol–water partition coefficient (Wildman–Crippen LogP) is 4.25. The molecule has 2 aromatic rings. The average molecular weight is 435 g/mol. The molecule has 1 aliphatic rings. The zero-order valence-corrected chi connectivity index (χ0v) is 18.4. The summed E-state index contributed by atoms with van der Waals surface area (Å²) in [7, 11) is -3.44. The summed E-state index contributed by atoms with van der Waals surface area (Å²) in [6.07, 6.45) is 5.30. The van der Waals surface area contributed by atoms with Crippen molar-refractivity contribution < 1.29 is 13.2 Å². The van der Waals surface area contributed by atoms with Gasteiger partial charge in [0.15, 0.2) is 0 Å². The molecular formula is C22H27ClN2O3S. The van der Waals surface area contributed by atoms with E-state index in [0.717, 1.165) is 24.7 Å². The SMILES string of the molecule is C[C@@H](NC(=O)CCCN(c1ccc(Cl)cc1)S(C)(=O)=O)c1ccc2c(c1)CCC2. The van der Waals surface area contributed by atoms with Crippen LogP contribution in [0.15, 0.2) is 42.5 Å². The number of carbonyl (C=O) groups is 1. The van der Waals surface area contributed by atoms with Crippen LogP contribution < -0.4 is 9.62 Å². The molecule has 3 rings (SSSR count).